The van der Waals surface area contributed by atoms with Crippen molar-refractivity contribution >= 4 is 12.0 Å². The van der Waals surface area contributed by atoms with E-state index in [0.29, 0.717) is 12.2 Å². The van der Waals surface area contributed by atoms with E-state index in [1.165, 1.54) is 0 Å². The molecule has 1 aromatic carbocycles. The van der Waals surface area contributed by atoms with E-state index >= 15 is 0 Å². The Bertz CT molecular complexity index is 539. The molecule has 1 aliphatic rings. The lowest BCUT2D eigenvalue weighted by Crippen LogP contribution is -2.24. The highest BCUT2D eigenvalue weighted by molar-refractivity contribution is 6.00. The van der Waals surface area contributed by atoms with Gasteiger partial charge in [0.25, 0.3) is 0 Å². The third-order valence-electron chi connectivity index (χ3n) is 3.55. The number of aryl methyl sites for hydroxylation is 1. The lowest BCUT2D eigenvalue weighted by Gasteiger charge is -2.23. The summed E-state index contributed by atoms with van der Waals surface area (Å²) >= 11 is 0. The summed E-state index contributed by atoms with van der Waals surface area (Å²) in [4.78, 5) is 12.0. The normalized spacial score (nSPS) is 16.1. The van der Waals surface area contributed by atoms with Gasteiger partial charge in [0.05, 0.1) is 6.61 Å². The predicted molar refractivity (Wildman–Crippen MR) is 70.5 cm³/mol. The fourth-order valence-electron chi connectivity index (χ4n) is 2.40. The van der Waals surface area contributed by atoms with E-state index in [4.69, 9.17) is 4.74 Å². The number of phenolic OH excluding ortho intramolecular Hbond substituents is 1. The van der Waals surface area contributed by atoms with Crippen LogP contribution >= 0.6 is 0 Å². The van der Waals surface area contributed by atoms with Crippen LogP contribution in [0.3, 0.4) is 0 Å². The van der Waals surface area contributed by atoms with E-state index in [1.807, 2.05) is 32.9 Å². The Morgan fingerprint density at radius 2 is 2.06 bits per heavy atom. The molecule has 2 rings (SSSR count). The van der Waals surface area contributed by atoms with E-state index in [9.17, 15) is 9.90 Å². The molecule has 0 heterocycles. The maximum Gasteiger partial charge on any atom is 0.334 e. The average Bonchev–Trinajstić information content (AvgIpc) is 2.57. The van der Waals surface area contributed by atoms with Crippen molar-refractivity contribution in [3.8, 4) is 5.75 Å². The first-order valence-electron chi connectivity index (χ1n) is 6.12. The minimum absolute atomic E-state index is 0.250. The summed E-state index contributed by atoms with van der Waals surface area (Å²) in [6.07, 6.45) is 1.75. The molecule has 0 spiro atoms. The topological polar surface area (TPSA) is 46.5 Å². The number of hydrogen-bond donors (Lipinski definition) is 1. The summed E-state index contributed by atoms with van der Waals surface area (Å²) < 4.78 is 5.07. The van der Waals surface area contributed by atoms with Gasteiger partial charge in [-0.15, -0.1) is 0 Å². The van der Waals surface area contributed by atoms with Crippen LogP contribution in [0.15, 0.2) is 17.7 Å². The van der Waals surface area contributed by atoms with Crippen LogP contribution in [0.25, 0.3) is 6.08 Å². The van der Waals surface area contributed by atoms with Crippen LogP contribution in [0.2, 0.25) is 0 Å². The number of phenols is 1. The lowest BCUT2D eigenvalue weighted by atomic mass is 9.81. The Morgan fingerprint density at radius 3 is 2.67 bits per heavy atom. The summed E-state index contributed by atoms with van der Waals surface area (Å²) in [7, 11) is 0. The smallest absolute Gasteiger partial charge is 0.334 e. The van der Waals surface area contributed by atoms with Crippen molar-refractivity contribution in [1.29, 1.82) is 0 Å². The average molecular weight is 246 g/mol. The minimum atomic E-state index is -0.424. The number of rotatable bonds is 2. The van der Waals surface area contributed by atoms with Crippen LogP contribution in [0.1, 0.15) is 37.5 Å². The van der Waals surface area contributed by atoms with Crippen molar-refractivity contribution in [2.24, 2.45) is 0 Å². The van der Waals surface area contributed by atoms with Gasteiger partial charge in [0.15, 0.2) is 0 Å². The maximum absolute atomic E-state index is 12.0. The van der Waals surface area contributed by atoms with Crippen LogP contribution in [0.5, 0.6) is 5.75 Å². The second-order valence-electron chi connectivity index (χ2n) is 5.10. The van der Waals surface area contributed by atoms with E-state index in [2.05, 4.69) is 0 Å². The van der Waals surface area contributed by atoms with Crippen molar-refractivity contribution in [2.45, 2.75) is 33.1 Å². The van der Waals surface area contributed by atoms with Gasteiger partial charge in [-0.05, 0) is 31.1 Å². The SMILES string of the molecule is CCOC(=O)C1=Cc2c(ccc(C)c2O)C1(C)C. The molecule has 0 aromatic heterocycles. The Hall–Kier alpha value is -1.77. The molecule has 3 heteroatoms. The molecule has 3 nitrogen and oxygen atoms in total. The summed E-state index contributed by atoms with van der Waals surface area (Å²) in [5.74, 6) is -0.0596. The van der Waals surface area contributed by atoms with Gasteiger partial charge >= 0.3 is 5.97 Å². The molecule has 0 amide bonds. The predicted octanol–water partition coefficient (Wildman–Crippen LogP) is 2.94. The van der Waals surface area contributed by atoms with E-state index in [0.717, 1.165) is 16.7 Å². The van der Waals surface area contributed by atoms with Gasteiger partial charge in [0, 0.05) is 16.6 Å². The number of carbonyl (C=O) groups excluding carboxylic acids is 1. The zero-order valence-electron chi connectivity index (χ0n) is 11.2. The Balaban J connectivity index is 2.55. The lowest BCUT2D eigenvalue weighted by molar-refractivity contribution is -0.139. The fraction of sp³-hybridized carbons (Fsp3) is 0.400. The van der Waals surface area contributed by atoms with Crippen LogP contribution in [0.4, 0.5) is 0 Å². The molecule has 1 aliphatic carbocycles. The molecular formula is C15H18O3. The highest BCUT2D eigenvalue weighted by atomic mass is 16.5. The Kier molecular flexibility index (Phi) is 2.93. The molecule has 1 N–H and O–H groups in total. The highest BCUT2D eigenvalue weighted by Gasteiger charge is 2.38. The molecule has 0 aliphatic heterocycles. The molecule has 0 radical (unpaired) electrons. The number of aromatic hydroxyl groups is 1. The zero-order chi connectivity index (χ0) is 13.5. The van der Waals surface area contributed by atoms with Gasteiger partial charge < -0.3 is 9.84 Å². The molecule has 0 unspecified atom stereocenters. The molecular weight excluding hydrogens is 228 g/mol. The number of esters is 1. The first-order valence-corrected chi connectivity index (χ1v) is 6.12. The van der Waals surface area contributed by atoms with E-state index in [-0.39, 0.29) is 11.7 Å². The minimum Gasteiger partial charge on any atom is -0.507 e. The zero-order valence-corrected chi connectivity index (χ0v) is 11.2. The number of benzene rings is 1. The van der Waals surface area contributed by atoms with Crippen molar-refractivity contribution in [3.63, 3.8) is 0 Å². The van der Waals surface area contributed by atoms with Gasteiger partial charge in [-0.1, -0.05) is 26.0 Å². The molecule has 0 fully saturated rings. The molecule has 1 aromatic rings. The third-order valence-corrected chi connectivity index (χ3v) is 3.55. The molecule has 0 bridgehead atoms. The van der Waals surface area contributed by atoms with Gasteiger partial charge in [-0.2, -0.15) is 0 Å². The first kappa shape index (κ1) is 12.7. The molecule has 0 saturated heterocycles. The number of ether oxygens (including phenoxy) is 1. The maximum atomic E-state index is 12.0. The third kappa shape index (κ3) is 1.70. The van der Waals surface area contributed by atoms with Crippen molar-refractivity contribution in [3.05, 3.63) is 34.4 Å². The monoisotopic (exact) mass is 246 g/mol. The largest absolute Gasteiger partial charge is 0.507 e. The van der Waals surface area contributed by atoms with Crippen LogP contribution in [0, 0.1) is 6.92 Å². The Labute approximate surface area is 107 Å². The van der Waals surface area contributed by atoms with Gasteiger partial charge in [0.1, 0.15) is 5.75 Å². The van der Waals surface area contributed by atoms with Crippen LogP contribution in [-0.2, 0) is 14.9 Å². The summed E-state index contributed by atoms with van der Waals surface area (Å²) in [6, 6.07) is 3.84. The van der Waals surface area contributed by atoms with Crippen LogP contribution in [-0.4, -0.2) is 17.7 Å². The van der Waals surface area contributed by atoms with Gasteiger partial charge in [0.2, 0.25) is 0 Å². The Morgan fingerprint density at radius 1 is 1.39 bits per heavy atom. The summed E-state index contributed by atoms with van der Waals surface area (Å²) in [5.41, 5.74) is 2.69. The number of fused-ring (bicyclic) bond motifs is 1. The van der Waals surface area contributed by atoms with Crippen molar-refractivity contribution in [1.82, 2.24) is 0 Å². The van der Waals surface area contributed by atoms with E-state index in [1.54, 1.807) is 13.0 Å². The summed E-state index contributed by atoms with van der Waals surface area (Å²) in [6.45, 7) is 7.92. The van der Waals surface area contributed by atoms with Crippen molar-refractivity contribution in [2.75, 3.05) is 6.61 Å². The van der Waals surface area contributed by atoms with Crippen molar-refractivity contribution < 1.29 is 14.6 Å². The molecule has 0 atom stereocenters. The number of hydrogen-bond acceptors (Lipinski definition) is 3. The molecule has 18 heavy (non-hydrogen) atoms. The quantitative estimate of drug-likeness (QED) is 0.816. The second-order valence-corrected chi connectivity index (χ2v) is 5.10. The standard InChI is InChI=1S/C15H18O3/c1-5-18-14(17)12-8-10-11(15(12,3)4)7-6-9(2)13(10)16/h6-8,16H,5H2,1-4H3. The van der Waals surface area contributed by atoms with E-state index < -0.39 is 5.41 Å². The van der Waals surface area contributed by atoms with Gasteiger partial charge in [-0.3, -0.25) is 0 Å². The van der Waals surface area contributed by atoms with Gasteiger partial charge in [-0.25, -0.2) is 4.79 Å². The first-order chi connectivity index (χ1) is 8.39. The number of carbonyl (C=O) groups is 1. The highest BCUT2D eigenvalue weighted by Crippen LogP contribution is 2.45. The van der Waals surface area contributed by atoms with Crippen LogP contribution < -0.4 is 0 Å². The molecule has 96 valence electrons. The molecule has 0 saturated carbocycles. The fourth-order valence-corrected chi connectivity index (χ4v) is 2.40. The summed E-state index contributed by atoms with van der Waals surface area (Å²) in [5, 5.41) is 10.1. The second kappa shape index (κ2) is 4.16.